The molecule has 31 heavy (non-hydrogen) atoms. The van der Waals surface area contributed by atoms with E-state index >= 15 is 0 Å². The second-order valence-corrected chi connectivity index (χ2v) is 7.55. The van der Waals surface area contributed by atoms with Crippen LogP contribution in [-0.4, -0.2) is 43.0 Å². The number of hydrogen-bond donors (Lipinski definition) is 2. The smallest absolute Gasteiger partial charge is 0.433 e. The molecule has 0 saturated heterocycles. The number of fused-ring (bicyclic) bond motifs is 1. The first-order valence-electron chi connectivity index (χ1n) is 9.15. The number of aryl methyl sites for hydroxylation is 1. The molecule has 0 fully saturated rings. The number of carboxylic acids is 1. The van der Waals surface area contributed by atoms with Crippen LogP contribution in [0.5, 0.6) is 0 Å². The number of amides is 1. The lowest BCUT2D eigenvalue weighted by molar-refractivity contribution is -0.141. The van der Waals surface area contributed by atoms with Crippen LogP contribution in [0.15, 0.2) is 36.5 Å². The number of benzene rings is 1. The second-order valence-electron chi connectivity index (χ2n) is 7.55. The summed E-state index contributed by atoms with van der Waals surface area (Å²) in [5.74, 6) is -1.63. The minimum absolute atomic E-state index is 0.0220. The Bertz CT molecular complexity index is 1140. The van der Waals surface area contributed by atoms with Crippen molar-refractivity contribution in [1.29, 1.82) is 0 Å². The lowest BCUT2D eigenvalue weighted by atomic mass is 10.1. The van der Waals surface area contributed by atoms with Gasteiger partial charge in [-0.1, -0.05) is 6.07 Å². The van der Waals surface area contributed by atoms with E-state index in [-0.39, 0.29) is 29.0 Å². The van der Waals surface area contributed by atoms with Crippen molar-refractivity contribution < 1.29 is 33.0 Å². The van der Waals surface area contributed by atoms with Crippen LogP contribution in [0.25, 0.3) is 10.9 Å². The van der Waals surface area contributed by atoms with E-state index in [0.717, 1.165) is 23.1 Å². The molecule has 1 aromatic carbocycles. The van der Waals surface area contributed by atoms with Gasteiger partial charge in [0.2, 0.25) is 6.41 Å². The van der Waals surface area contributed by atoms with Crippen LogP contribution in [0.4, 0.5) is 24.7 Å². The highest BCUT2D eigenvalue weighted by molar-refractivity contribution is 6.05. The lowest BCUT2D eigenvalue weighted by Crippen LogP contribution is -2.21. The monoisotopic (exact) mass is 436 g/mol. The molecule has 0 radical (unpaired) electrons. The van der Waals surface area contributed by atoms with Crippen LogP contribution in [-0.2, 0) is 17.5 Å². The molecule has 0 saturated carbocycles. The molecule has 0 atom stereocenters. The predicted molar refractivity (Wildman–Crippen MR) is 105 cm³/mol. The third-order valence-corrected chi connectivity index (χ3v) is 4.48. The van der Waals surface area contributed by atoms with Gasteiger partial charge >= 0.3 is 12.1 Å². The average Bonchev–Trinajstić information content (AvgIpc) is 3.08. The Kier molecular flexibility index (Phi) is 5.72. The number of aromatic nitrogens is 3. The molecule has 1 amide bonds. The van der Waals surface area contributed by atoms with Gasteiger partial charge in [-0.3, -0.25) is 14.4 Å². The Labute approximate surface area is 174 Å². The Morgan fingerprint density at radius 3 is 2.55 bits per heavy atom. The van der Waals surface area contributed by atoms with Gasteiger partial charge in [-0.2, -0.15) is 18.3 Å². The molecular weight excluding hydrogens is 417 g/mol. The van der Waals surface area contributed by atoms with E-state index in [0.29, 0.717) is 18.4 Å². The molecule has 0 aliphatic rings. The Balaban J connectivity index is 2.08. The van der Waals surface area contributed by atoms with Crippen LogP contribution in [0.1, 0.15) is 36.3 Å². The summed E-state index contributed by atoms with van der Waals surface area (Å²) in [6.07, 6.45) is -2.55. The number of halogens is 3. The number of rotatable bonds is 7. The fraction of sp³-hybridized carbons (Fsp3) is 0.300. The molecule has 3 rings (SSSR count). The Hall–Kier alpha value is -3.47. The maximum atomic E-state index is 13.0. The van der Waals surface area contributed by atoms with Gasteiger partial charge in [-0.25, -0.2) is 9.78 Å². The number of carbonyl (C=O) groups excluding carboxylic acids is 1. The minimum Gasteiger partial charge on any atom is -0.478 e. The van der Waals surface area contributed by atoms with E-state index in [1.165, 1.54) is 16.8 Å². The zero-order chi connectivity index (χ0) is 23.0. The fourth-order valence-corrected chi connectivity index (χ4v) is 2.94. The molecule has 0 spiro atoms. The summed E-state index contributed by atoms with van der Waals surface area (Å²) in [7, 11) is 0. The van der Waals surface area contributed by atoms with E-state index < -0.39 is 23.4 Å². The Morgan fingerprint density at radius 1 is 1.26 bits per heavy atom. The van der Waals surface area contributed by atoms with Gasteiger partial charge in [-0.05, 0) is 44.5 Å². The van der Waals surface area contributed by atoms with Crippen molar-refractivity contribution in [3.05, 3.63) is 47.8 Å². The number of aromatic carboxylic acids is 1. The van der Waals surface area contributed by atoms with Crippen molar-refractivity contribution in [3.63, 3.8) is 0 Å². The first kappa shape index (κ1) is 22.2. The van der Waals surface area contributed by atoms with Crippen LogP contribution >= 0.6 is 0 Å². The molecular formula is C20H19F3N4O4. The van der Waals surface area contributed by atoms with Crippen molar-refractivity contribution in [1.82, 2.24) is 14.8 Å². The lowest BCUT2D eigenvalue weighted by Gasteiger charge is -2.18. The third kappa shape index (κ3) is 5.00. The normalized spacial score (nSPS) is 12.2. The predicted octanol–water partition coefficient (Wildman–Crippen LogP) is 3.60. The summed E-state index contributed by atoms with van der Waals surface area (Å²) in [4.78, 5) is 27.8. The number of alkyl halides is 3. The Morgan fingerprint density at radius 2 is 1.97 bits per heavy atom. The van der Waals surface area contributed by atoms with Gasteiger partial charge in [0.15, 0.2) is 0 Å². The van der Waals surface area contributed by atoms with E-state index in [1.807, 2.05) is 0 Å². The topological polar surface area (TPSA) is 109 Å². The number of aliphatic hydroxyl groups is 1. The quantitative estimate of drug-likeness (QED) is 0.548. The highest BCUT2D eigenvalue weighted by Gasteiger charge is 2.33. The number of hydrogen-bond acceptors (Lipinski definition) is 5. The summed E-state index contributed by atoms with van der Waals surface area (Å²) < 4.78 is 40.5. The molecule has 11 heteroatoms. The summed E-state index contributed by atoms with van der Waals surface area (Å²) in [5, 5.41) is 24.1. The van der Waals surface area contributed by atoms with E-state index in [4.69, 9.17) is 0 Å². The van der Waals surface area contributed by atoms with Crippen molar-refractivity contribution >= 4 is 34.8 Å². The van der Waals surface area contributed by atoms with E-state index in [9.17, 15) is 33.0 Å². The number of carboxylic acid groups (broad SMARTS) is 1. The average molecular weight is 436 g/mol. The van der Waals surface area contributed by atoms with Gasteiger partial charge < -0.3 is 10.2 Å². The molecule has 0 unspecified atom stereocenters. The molecule has 2 aromatic heterocycles. The maximum absolute atomic E-state index is 13.0. The number of nitrogens with zero attached hydrogens (tertiary/aromatic N) is 4. The minimum atomic E-state index is -4.71. The van der Waals surface area contributed by atoms with Crippen molar-refractivity contribution in [2.45, 2.75) is 38.6 Å². The standard InChI is InChI=1S/C20H19F3N4O4/c1-19(2,31)6-7-26-10-12-8-13(9-14(18(29)30)17(12)25-26)27(11-28)16-5-3-4-15(24-16)20(21,22)23/h3-5,8-11,31H,6-7H2,1-2H3,(H,29,30). The zero-order valence-corrected chi connectivity index (χ0v) is 16.6. The molecule has 2 N–H and O–H groups in total. The molecule has 0 aliphatic heterocycles. The molecule has 0 aliphatic carbocycles. The van der Waals surface area contributed by atoms with Crippen LogP contribution < -0.4 is 4.90 Å². The highest BCUT2D eigenvalue weighted by atomic mass is 19.4. The van der Waals surface area contributed by atoms with Gasteiger partial charge in [0, 0.05) is 18.1 Å². The van der Waals surface area contributed by atoms with E-state index in [2.05, 4.69) is 10.1 Å². The van der Waals surface area contributed by atoms with Crippen LogP contribution in [0.3, 0.4) is 0 Å². The number of anilines is 2. The van der Waals surface area contributed by atoms with Crippen molar-refractivity contribution in [3.8, 4) is 0 Å². The summed E-state index contributed by atoms with van der Waals surface area (Å²) in [5.41, 5.74) is -2.20. The third-order valence-electron chi connectivity index (χ3n) is 4.48. The van der Waals surface area contributed by atoms with Gasteiger partial charge in [0.1, 0.15) is 17.0 Å². The summed E-state index contributed by atoms with van der Waals surface area (Å²) in [6, 6.07) is 5.67. The fourth-order valence-electron chi connectivity index (χ4n) is 2.94. The molecule has 3 aromatic rings. The molecule has 0 bridgehead atoms. The second kappa shape index (κ2) is 7.99. The van der Waals surface area contributed by atoms with E-state index in [1.54, 1.807) is 20.0 Å². The molecule has 2 heterocycles. The zero-order valence-electron chi connectivity index (χ0n) is 16.6. The van der Waals surface area contributed by atoms with Crippen LogP contribution in [0, 0.1) is 0 Å². The molecule has 164 valence electrons. The summed E-state index contributed by atoms with van der Waals surface area (Å²) in [6.45, 7) is 3.56. The first-order valence-corrected chi connectivity index (χ1v) is 9.15. The SMILES string of the molecule is CC(C)(O)CCn1cc2cc(N(C=O)c3cccc(C(F)(F)F)n3)cc(C(=O)O)c2n1. The first-order chi connectivity index (χ1) is 14.4. The largest absolute Gasteiger partial charge is 0.478 e. The van der Waals surface area contributed by atoms with Gasteiger partial charge in [-0.15, -0.1) is 0 Å². The van der Waals surface area contributed by atoms with Crippen molar-refractivity contribution in [2.24, 2.45) is 0 Å². The van der Waals surface area contributed by atoms with Crippen LogP contribution in [0.2, 0.25) is 0 Å². The summed E-state index contributed by atoms with van der Waals surface area (Å²) >= 11 is 0. The molecule has 8 nitrogen and oxygen atoms in total. The number of pyridine rings is 1. The highest BCUT2D eigenvalue weighted by Crippen LogP contribution is 2.32. The maximum Gasteiger partial charge on any atom is 0.433 e. The van der Waals surface area contributed by atoms with Crippen molar-refractivity contribution in [2.75, 3.05) is 4.90 Å². The van der Waals surface area contributed by atoms with Gasteiger partial charge in [0.05, 0.1) is 16.9 Å². The number of carbonyl (C=O) groups is 2. The van der Waals surface area contributed by atoms with Gasteiger partial charge in [0.25, 0.3) is 0 Å².